The number of phenolic OH excluding ortho intramolecular Hbond substituents is 1. The largest absolute Gasteiger partial charge is 0.508 e. The Hall–Kier alpha value is -2.43. The lowest BCUT2D eigenvalue weighted by Gasteiger charge is -2.01. The lowest BCUT2D eigenvalue weighted by Crippen LogP contribution is -1.90. The van der Waals surface area contributed by atoms with Gasteiger partial charge in [0.05, 0.1) is 11.4 Å². The molecule has 86 valence electrons. The van der Waals surface area contributed by atoms with Crippen molar-refractivity contribution < 1.29 is 5.11 Å². The molecule has 0 saturated heterocycles. The maximum atomic E-state index is 9.46. The fourth-order valence-corrected chi connectivity index (χ4v) is 2.06. The normalized spacial score (nSPS) is 11.1. The first-order chi connectivity index (χ1) is 8.15. The monoisotopic (exact) mass is 228 g/mol. The minimum atomic E-state index is 0.263. The minimum absolute atomic E-state index is 0.263. The number of aromatic nitrogens is 3. The summed E-state index contributed by atoms with van der Waals surface area (Å²) in [6, 6.07) is 9.07. The van der Waals surface area contributed by atoms with Crippen molar-refractivity contribution >= 4 is 16.7 Å². The number of nitrogens with two attached hydrogens (primary N) is 1. The number of rotatable bonds is 1. The summed E-state index contributed by atoms with van der Waals surface area (Å²) in [6.45, 7) is 0. The first-order valence-corrected chi connectivity index (χ1v) is 5.25. The quantitative estimate of drug-likeness (QED) is 0.594. The van der Waals surface area contributed by atoms with Gasteiger partial charge >= 0.3 is 0 Å². The average Bonchev–Trinajstić information content (AvgIpc) is 2.83. The number of H-pyrrole nitrogens is 1. The molecular weight excluding hydrogens is 216 g/mol. The van der Waals surface area contributed by atoms with E-state index in [9.17, 15) is 5.11 Å². The van der Waals surface area contributed by atoms with Gasteiger partial charge < -0.3 is 15.4 Å². The molecule has 0 aliphatic carbocycles. The number of nitrogens with zero attached hydrogens (tertiary/aromatic N) is 2. The highest BCUT2D eigenvalue weighted by Gasteiger charge is 2.10. The van der Waals surface area contributed by atoms with Crippen LogP contribution in [0.5, 0.6) is 5.75 Å². The maximum Gasteiger partial charge on any atom is 0.145 e. The molecule has 2 heterocycles. The van der Waals surface area contributed by atoms with Crippen LogP contribution in [0.2, 0.25) is 0 Å². The van der Waals surface area contributed by atoms with Crippen LogP contribution < -0.4 is 5.73 Å². The van der Waals surface area contributed by atoms with Crippen molar-refractivity contribution in [1.82, 2.24) is 14.8 Å². The Balaban J connectivity index is 2.27. The summed E-state index contributed by atoms with van der Waals surface area (Å²) in [5.41, 5.74) is 8.48. The zero-order valence-electron chi connectivity index (χ0n) is 9.31. The molecule has 2 aromatic heterocycles. The van der Waals surface area contributed by atoms with E-state index >= 15 is 0 Å². The zero-order valence-corrected chi connectivity index (χ0v) is 9.31. The molecule has 0 aliphatic heterocycles. The van der Waals surface area contributed by atoms with E-state index in [-0.39, 0.29) is 5.75 Å². The number of aryl methyl sites for hydroxylation is 1. The van der Waals surface area contributed by atoms with Crippen LogP contribution in [0.1, 0.15) is 0 Å². The van der Waals surface area contributed by atoms with Crippen LogP contribution in [-0.2, 0) is 7.05 Å². The van der Waals surface area contributed by atoms with Gasteiger partial charge in [-0.1, -0.05) is 0 Å². The number of anilines is 1. The number of nitrogen functional groups attached to an aromatic ring is 1. The lowest BCUT2D eigenvalue weighted by molar-refractivity contribution is 0.476. The van der Waals surface area contributed by atoms with E-state index in [0.717, 1.165) is 22.3 Å². The zero-order chi connectivity index (χ0) is 12.0. The molecular formula is C12H12N4O. The number of phenols is 1. The topological polar surface area (TPSA) is 79.9 Å². The van der Waals surface area contributed by atoms with Gasteiger partial charge in [-0.3, -0.25) is 5.10 Å². The Morgan fingerprint density at radius 3 is 2.82 bits per heavy atom. The van der Waals surface area contributed by atoms with Crippen molar-refractivity contribution in [2.45, 2.75) is 0 Å². The summed E-state index contributed by atoms with van der Waals surface area (Å²) >= 11 is 0. The summed E-state index contributed by atoms with van der Waals surface area (Å²) in [5, 5.41) is 17.2. The van der Waals surface area contributed by atoms with Gasteiger partial charge in [0.1, 0.15) is 11.6 Å². The third-order valence-corrected chi connectivity index (χ3v) is 2.90. The number of hydrogen-bond donors (Lipinski definition) is 3. The maximum absolute atomic E-state index is 9.46. The predicted molar refractivity (Wildman–Crippen MR) is 66.6 cm³/mol. The highest BCUT2D eigenvalue weighted by Crippen LogP contribution is 2.28. The van der Waals surface area contributed by atoms with E-state index in [1.54, 1.807) is 18.2 Å². The van der Waals surface area contributed by atoms with Crippen molar-refractivity contribution in [2.24, 2.45) is 7.05 Å². The summed E-state index contributed by atoms with van der Waals surface area (Å²) in [7, 11) is 1.96. The van der Waals surface area contributed by atoms with Crippen LogP contribution in [0.15, 0.2) is 30.3 Å². The molecule has 0 fully saturated rings. The van der Waals surface area contributed by atoms with Gasteiger partial charge in [-0.15, -0.1) is 0 Å². The molecule has 3 rings (SSSR count). The SMILES string of the molecule is Cn1c(-c2cc(N)n[nH]2)cc2cc(O)ccc21. The molecule has 0 radical (unpaired) electrons. The Bertz CT molecular complexity index is 696. The van der Waals surface area contributed by atoms with Gasteiger partial charge in [0.2, 0.25) is 0 Å². The smallest absolute Gasteiger partial charge is 0.145 e. The number of hydrogen-bond acceptors (Lipinski definition) is 3. The van der Waals surface area contributed by atoms with E-state index in [1.165, 1.54) is 0 Å². The van der Waals surface area contributed by atoms with E-state index in [2.05, 4.69) is 10.2 Å². The van der Waals surface area contributed by atoms with E-state index in [0.29, 0.717) is 5.82 Å². The van der Waals surface area contributed by atoms with Crippen LogP contribution in [-0.4, -0.2) is 19.9 Å². The fourth-order valence-electron chi connectivity index (χ4n) is 2.06. The lowest BCUT2D eigenvalue weighted by atomic mass is 10.2. The predicted octanol–water partition coefficient (Wildman–Crippen LogP) is 1.86. The molecule has 0 aliphatic rings. The van der Waals surface area contributed by atoms with E-state index in [1.807, 2.05) is 23.7 Å². The Morgan fingerprint density at radius 1 is 1.29 bits per heavy atom. The molecule has 0 spiro atoms. The number of benzene rings is 1. The molecule has 0 amide bonds. The van der Waals surface area contributed by atoms with Gasteiger partial charge in [0.25, 0.3) is 0 Å². The molecule has 5 heteroatoms. The second-order valence-electron chi connectivity index (χ2n) is 4.04. The van der Waals surface area contributed by atoms with Crippen molar-refractivity contribution in [3.8, 4) is 17.1 Å². The van der Waals surface area contributed by atoms with Gasteiger partial charge in [-0.25, -0.2) is 0 Å². The Labute approximate surface area is 97.5 Å². The van der Waals surface area contributed by atoms with Crippen LogP contribution in [0.25, 0.3) is 22.3 Å². The fraction of sp³-hybridized carbons (Fsp3) is 0.0833. The van der Waals surface area contributed by atoms with E-state index in [4.69, 9.17) is 5.73 Å². The molecule has 4 N–H and O–H groups in total. The highest BCUT2D eigenvalue weighted by atomic mass is 16.3. The molecule has 17 heavy (non-hydrogen) atoms. The first kappa shape index (κ1) is 9.77. The molecule has 0 bridgehead atoms. The first-order valence-electron chi connectivity index (χ1n) is 5.25. The summed E-state index contributed by atoms with van der Waals surface area (Å²) < 4.78 is 2.03. The standard InChI is InChI=1S/C12H12N4O/c1-16-10-3-2-8(17)4-7(10)5-11(16)9-6-12(13)15-14-9/h2-6,17H,1H3,(H3,13,14,15). The Kier molecular flexibility index (Phi) is 1.89. The second kappa shape index (κ2) is 3.28. The molecule has 0 atom stereocenters. The molecule has 1 aromatic carbocycles. The molecule has 0 unspecified atom stereocenters. The third kappa shape index (κ3) is 1.44. The third-order valence-electron chi connectivity index (χ3n) is 2.90. The molecule has 0 saturated carbocycles. The summed E-state index contributed by atoms with van der Waals surface area (Å²) in [4.78, 5) is 0. The van der Waals surface area contributed by atoms with Gasteiger partial charge in [-0.2, -0.15) is 5.10 Å². The average molecular weight is 228 g/mol. The second-order valence-corrected chi connectivity index (χ2v) is 4.04. The van der Waals surface area contributed by atoms with Crippen LogP contribution in [0.3, 0.4) is 0 Å². The van der Waals surface area contributed by atoms with Gasteiger partial charge in [0, 0.05) is 24.0 Å². The molecule has 3 aromatic rings. The number of aromatic hydroxyl groups is 1. The van der Waals surface area contributed by atoms with Gasteiger partial charge in [-0.05, 0) is 24.3 Å². The van der Waals surface area contributed by atoms with Crippen LogP contribution >= 0.6 is 0 Å². The number of nitrogens with one attached hydrogen (secondary N) is 1. The van der Waals surface area contributed by atoms with Gasteiger partial charge in [0.15, 0.2) is 0 Å². The summed E-state index contributed by atoms with van der Waals surface area (Å²) in [6.07, 6.45) is 0. The van der Waals surface area contributed by atoms with Crippen molar-refractivity contribution in [2.75, 3.05) is 5.73 Å². The van der Waals surface area contributed by atoms with Crippen LogP contribution in [0.4, 0.5) is 5.82 Å². The van der Waals surface area contributed by atoms with Crippen molar-refractivity contribution in [3.63, 3.8) is 0 Å². The minimum Gasteiger partial charge on any atom is -0.508 e. The molecule has 5 nitrogen and oxygen atoms in total. The Morgan fingerprint density at radius 2 is 2.12 bits per heavy atom. The van der Waals surface area contributed by atoms with E-state index < -0.39 is 0 Å². The van der Waals surface area contributed by atoms with Crippen molar-refractivity contribution in [3.05, 3.63) is 30.3 Å². The van der Waals surface area contributed by atoms with Crippen LogP contribution in [0, 0.1) is 0 Å². The number of aromatic amines is 1. The highest BCUT2D eigenvalue weighted by molar-refractivity contribution is 5.87. The number of fused-ring (bicyclic) bond motifs is 1. The summed E-state index contributed by atoms with van der Waals surface area (Å²) in [5.74, 6) is 0.729. The van der Waals surface area contributed by atoms with Crippen molar-refractivity contribution in [1.29, 1.82) is 0 Å².